The van der Waals surface area contributed by atoms with Gasteiger partial charge in [0.1, 0.15) is 11.4 Å². The summed E-state index contributed by atoms with van der Waals surface area (Å²) in [4.78, 5) is 2.14. The van der Waals surface area contributed by atoms with Gasteiger partial charge in [-0.15, -0.1) is 0 Å². The maximum Gasteiger partial charge on any atom is 0.416 e. The lowest BCUT2D eigenvalue weighted by Crippen LogP contribution is -2.49. The van der Waals surface area contributed by atoms with Gasteiger partial charge in [0.15, 0.2) is 0 Å². The van der Waals surface area contributed by atoms with Gasteiger partial charge in [-0.1, -0.05) is 35.9 Å². The normalized spacial score (nSPS) is 16.7. The molecule has 0 saturated carbocycles. The third kappa shape index (κ3) is 4.52. The Morgan fingerprint density at radius 1 is 0.903 bits per heavy atom. The first-order valence-corrected chi connectivity index (χ1v) is 10.5. The van der Waals surface area contributed by atoms with Crippen LogP contribution in [0.15, 0.2) is 72.8 Å². The zero-order valence-electron chi connectivity index (χ0n) is 17.3. The van der Waals surface area contributed by atoms with Gasteiger partial charge >= 0.3 is 6.18 Å². The maximum atomic E-state index is 13.1. The van der Waals surface area contributed by atoms with E-state index in [1.54, 1.807) is 24.3 Å². The lowest BCUT2D eigenvalue weighted by molar-refractivity contribution is -0.137. The zero-order chi connectivity index (χ0) is 22.2. The summed E-state index contributed by atoms with van der Waals surface area (Å²) < 4.78 is 45.6. The summed E-state index contributed by atoms with van der Waals surface area (Å²) in [6.45, 7) is 4.69. The maximum absolute atomic E-state index is 13.1. The molecule has 0 spiro atoms. The molecule has 2 nitrogen and oxygen atoms in total. The summed E-state index contributed by atoms with van der Waals surface area (Å²) in [5.74, 6) is 0.685. The van der Waals surface area contributed by atoms with Gasteiger partial charge in [0.25, 0.3) is 0 Å². The van der Waals surface area contributed by atoms with E-state index in [0.29, 0.717) is 17.3 Å². The van der Waals surface area contributed by atoms with Gasteiger partial charge in [-0.2, -0.15) is 13.2 Å². The Morgan fingerprint density at radius 3 is 2.19 bits per heavy atom. The number of anilines is 1. The van der Waals surface area contributed by atoms with Gasteiger partial charge in [0, 0.05) is 17.3 Å². The number of halogens is 4. The second-order valence-electron chi connectivity index (χ2n) is 8.25. The van der Waals surface area contributed by atoms with E-state index < -0.39 is 17.3 Å². The number of ether oxygens (including phenoxy) is 1. The molecule has 1 aliphatic heterocycles. The fraction of sp³-hybridized carbons (Fsp3) is 0.280. The number of hydrogen-bond acceptors (Lipinski definition) is 2. The second-order valence-corrected chi connectivity index (χ2v) is 8.69. The molecule has 6 heteroatoms. The topological polar surface area (TPSA) is 12.5 Å². The molecule has 0 aromatic heterocycles. The number of benzene rings is 3. The van der Waals surface area contributed by atoms with Crippen molar-refractivity contribution in [3.05, 3.63) is 94.5 Å². The third-order valence-electron chi connectivity index (χ3n) is 5.66. The van der Waals surface area contributed by atoms with Crippen LogP contribution in [-0.4, -0.2) is 12.1 Å². The molecule has 3 aromatic rings. The molecule has 1 aliphatic rings. The molecule has 1 unspecified atom stereocenters. The van der Waals surface area contributed by atoms with Gasteiger partial charge in [-0.25, -0.2) is 0 Å². The van der Waals surface area contributed by atoms with E-state index in [1.165, 1.54) is 5.56 Å². The van der Waals surface area contributed by atoms with Crippen LogP contribution >= 0.6 is 11.6 Å². The average Bonchev–Trinajstić information content (AvgIpc) is 2.74. The zero-order valence-corrected chi connectivity index (χ0v) is 18.0. The van der Waals surface area contributed by atoms with Crippen LogP contribution in [0.25, 0.3) is 0 Å². The van der Waals surface area contributed by atoms with E-state index in [9.17, 15) is 13.2 Å². The highest BCUT2D eigenvalue weighted by Crippen LogP contribution is 2.43. The number of hydrogen-bond donors (Lipinski definition) is 0. The third-order valence-corrected chi connectivity index (χ3v) is 5.91. The minimum absolute atomic E-state index is 0.190. The number of fused-ring (bicyclic) bond motifs is 1. The predicted molar refractivity (Wildman–Crippen MR) is 118 cm³/mol. The largest absolute Gasteiger partial charge is 0.485 e. The van der Waals surface area contributed by atoms with Gasteiger partial charge in [-0.3, -0.25) is 0 Å². The van der Waals surface area contributed by atoms with E-state index in [0.717, 1.165) is 29.8 Å². The minimum atomic E-state index is -4.36. The Bertz CT molecular complexity index is 1050. The number of rotatable bonds is 4. The molecule has 1 heterocycles. The molecule has 0 N–H and O–H groups in total. The van der Waals surface area contributed by atoms with Crippen LogP contribution in [0.2, 0.25) is 5.02 Å². The van der Waals surface area contributed by atoms with E-state index in [1.807, 2.05) is 38.1 Å². The smallest absolute Gasteiger partial charge is 0.416 e. The summed E-state index contributed by atoms with van der Waals surface area (Å²) >= 11 is 6.00. The Kier molecular flexibility index (Phi) is 5.65. The Balaban J connectivity index is 1.73. The molecule has 0 amide bonds. The minimum Gasteiger partial charge on any atom is -0.485 e. The van der Waals surface area contributed by atoms with E-state index in [4.69, 9.17) is 16.3 Å². The first-order valence-electron chi connectivity index (χ1n) is 10.1. The molecule has 0 bridgehead atoms. The van der Waals surface area contributed by atoms with Crippen molar-refractivity contribution >= 4 is 17.3 Å². The fourth-order valence-electron chi connectivity index (χ4n) is 4.30. The second kappa shape index (κ2) is 8.12. The van der Waals surface area contributed by atoms with Crippen LogP contribution in [0, 0.1) is 0 Å². The highest BCUT2D eigenvalue weighted by Gasteiger charge is 2.41. The van der Waals surface area contributed by atoms with Gasteiger partial charge < -0.3 is 9.64 Å². The standard InChI is InChI=1S/C25H23ClF3NO/c1-24(2,31-21-13-9-19(26)10-14-21)23-22-6-4-3-5-17(22)15-16-30(23)20-11-7-18(8-12-20)25(27,28)29/h3-14,23H,15-16H2,1-2H3. The van der Waals surface area contributed by atoms with Crippen molar-refractivity contribution in [3.63, 3.8) is 0 Å². The Labute approximate surface area is 185 Å². The van der Waals surface area contributed by atoms with Crippen molar-refractivity contribution in [3.8, 4) is 5.75 Å². The summed E-state index contributed by atoms with van der Waals surface area (Å²) in [7, 11) is 0. The highest BCUT2D eigenvalue weighted by molar-refractivity contribution is 6.30. The van der Waals surface area contributed by atoms with Gasteiger partial charge in [0.05, 0.1) is 11.6 Å². The summed E-state index contributed by atoms with van der Waals surface area (Å²) in [5.41, 5.74) is 1.76. The van der Waals surface area contributed by atoms with E-state index >= 15 is 0 Å². The van der Waals surface area contributed by atoms with Crippen molar-refractivity contribution < 1.29 is 17.9 Å². The average molecular weight is 446 g/mol. The first-order chi connectivity index (χ1) is 14.6. The lowest BCUT2D eigenvalue weighted by Gasteiger charge is -2.47. The molecule has 162 valence electrons. The molecule has 0 radical (unpaired) electrons. The molecule has 0 aliphatic carbocycles. The van der Waals surface area contributed by atoms with E-state index in [2.05, 4.69) is 17.0 Å². The molecular formula is C25H23ClF3NO. The SMILES string of the molecule is CC(C)(Oc1ccc(Cl)cc1)C1c2ccccc2CCN1c1ccc(C(F)(F)F)cc1. The summed E-state index contributed by atoms with van der Waals surface area (Å²) in [5, 5.41) is 0.625. The van der Waals surface area contributed by atoms with E-state index in [-0.39, 0.29) is 6.04 Å². The van der Waals surface area contributed by atoms with Crippen LogP contribution < -0.4 is 9.64 Å². The lowest BCUT2D eigenvalue weighted by atomic mass is 9.83. The van der Waals surface area contributed by atoms with Crippen molar-refractivity contribution in [2.75, 3.05) is 11.4 Å². The monoisotopic (exact) mass is 445 g/mol. The van der Waals surface area contributed by atoms with Crippen LogP contribution in [0.3, 0.4) is 0 Å². The number of alkyl halides is 3. The van der Waals surface area contributed by atoms with Gasteiger partial charge in [0.2, 0.25) is 0 Å². The predicted octanol–water partition coefficient (Wildman–Crippen LogP) is 7.32. The van der Waals surface area contributed by atoms with Crippen LogP contribution in [0.4, 0.5) is 18.9 Å². The summed E-state index contributed by atoms with van der Waals surface area (Å²) in [6, 6.07) is 20.5. The molecule has 0 fully saturated rings. The Morgan fingerprint density at radius 2 is 1.55 bits per heavy atom. The van der Waals surface area contributed by atoms with Crippen molar-refractivity contribution in [1.29, 1.82) is 0 Å². The molecule has 1 atom stereocenters. The van der Waals surface area contributed by atoms with Gasteiger partial charge in [-0.05, 0) is 79.9 Å². The first kappa shape index (κ1) is 21.6. The quantitative estimate of drug-likeness (QED) is 0.417. The highest BCUT2D eigenvalue weighted by atomic mass is 35.5. The molecule has 4 rings (SSSR count). The van der Waals surface area contributed by atoms with Crippen LogP contribution in [0.1, 0.15) is 36.6 Å². The fourth-order valence-corrected chi connectivity index (χ4v) is 4.42. The molecule has 31 heavy (non-hydrogen) atoms. The Hall–Kier alpha value is -2.66. The molecular weight excluding hydrogens is 423 g/mol. The number of nitrogens with zero attached hydrogens (tertiary/aromatic N) is 1. The van der Waals surface area contributed by atoms with Crippen molar-refractivity contribution in [2.45, 2.75) is 38.1 Å². The summed E-state index contributed by atoms with van der Waals surface area (Å²) in [6.07, 6.45) is -3.55. The van der Waals surface area contributed by atoms with Crippen LogP contribution in [-0.2, 0) is 12.6 Å². The molecule has 3 aromatic carbocycles. The van der Waals surface area contributed by atoms with Crippen LogP contribution in [0.5, 0.6) is 5.75 Å². The van der Waals surface area contributed by atoms with Crippen molar-refractivity contribution in [1.82, 2.24) is 0 Å². The van der Waals surface area contributed by atoms with Crippen molar-refractivity contribution in [2.24, 2.45) is 0 Å². The molecule has 0 saturated heterocycles.